The van der Waals surface area contributed by atoms with Crippen molar-refractivity contribution in [3.05, 3.63) is 64.8 Å². The normalized spacial score (nSPS) is 11.7. The van der Waals surface area contributed by atoms with Crippen molar-refractivity contribution in [1.29, 1.82) is 0 Å². The number of carbonyl (C=O) groups excluding carboxylic acids is 1. The van der Waals surface area contributed by atoms with Gasteiger partial charge in [-0.3, -0.25) is 14.3 Å². The van der Waals surface area contributed by atoms with Crippen LogP contribution in [0.4, 0.5) is 0 Å². The highest BCUT2D eigenvalue weighted by Crippen LogP contribution is 2.15. The first-order valence-corrected chi connectivity index (χ1v) is 6.28. The van der Waals surface area contributed by atoms with E-state index in [1.807, 2.05) is 30.3 Å². The first-order chi connectivity index (χ1) is 10.2. The number of hydrogen-bond acceptors (Lipinski definition) is 3. The van der Waals surface area contributed by atoms with Gasteiger partial charge in [-0.1, -0.05) is 30.3 Å². The average Bonchev–Trinajstić information content (AvgIpc) is 2.81. The highest BCUT2D eigenvalue weighted by Gasteiger charge is 2.15. The summed E-state index contributed by atoms with van der Waals surface area (Å²) in [7, 11) is 0. The van der Waals surface area contributed by atoms with Gasteiger partial charge in [0.1, 0.15) is 5.70 Å². The molecule has 2 aromatic heterocycles. The SMILES string of the molecule is NC(=O)/C(=C\c1ccccc1)n1c(=O)[nH]c2cnccc21. The molecule has 1 amide bonds. The predicted molar refractivity (Wildman–Crippen MR) is 80.2 cm³/mol. The summed E-state index contributed by atoms with van der Waals surface area (Å²) in [5.41, 5.74) is 6.98. The van der Waals surface area contributed by atoms with E-state index in [0.717, 1.165) is 5.56 Å². The number of aromatic amines is 1. The number of primary amides is 1. The highest BCUT2D eigenvalue weighted by atomic mass is 16.2. The molecule has 0 saturated heterocycles. The number of rotatable bonds is 3. The quantitative estimate of drug-likeness (QED) is 0.706. The van der Waals surface area contributed by atoms with E-state index in [1.54, 1.807) is 18.3 Å². The molecule has 0 fully saturated rings. The van der Waals surface area contributed by atoms with Crippen LogP contribution in [0.25, 0.3) is 22.8 Å². The van der Waals surface area contributed by atoms with Crippen molar-refractivity contribution in [2.45, 2.75) is 0 Å². The number of H-pyrrole nitrogens is 1. The summed E-state index contributed by atoms with van der Waals surface area (Å²) in [6.07, 6.45) is 4.65. The number of amides is 1. The summed E-state index contributed by atoms with van der Waals surface area (Å²) >= 11 is 0. The third-order valence-corrected chi connectivity index (χ3v) is 3.08. The van der Waals surface area contributed by atoms with Gasteiger partial charge < -0.3 is 10.7 Å². The van der Waals surface area contributed by atoms with E-state index in [0.29, 0.717) is 11.0 Å². The lowest BCUT2D eigenvalue weighted by atomic mass is 10.2. The molecule has 104 valence electrons. The van der Waals surface area contributed by atoms with Crippen LogP contribution >= 0.6 is 0 Å². The molecule has 0 aliphatic carbocycles. The summed E-state index contributed by atoms with van der Waals surface area (Å²) in [5, 5.41) is 0. The Morgan fingerprint density at radius 3 is 2.71 bits per heavy atom. The van der Waals surface area contributed by atoms with E-state index in [2.05, 4.69) is 9.97 Å². The van der Waals surface area contributed by atoms with Crippen molar-refractivity contribution < 1.29 is 4.79 Å². The molecule has 21 heavy (non-hydrogen) atoms. The van der Waals surface area contributed by atoms with Crippen LogP contribution in [0, 0.1) is 0 Å². The molecule has 0 atom stereocenters. The van der Waals surface area contributed by atoms with Crippen LogP contribution in [0.1, 0.15) is 5.56 Å². The number of fused-ring (bicyclic) bond motifs is 1. The largest absolute Gasteiger partial charge is 0.364 e. The molecule has 0 aliphatic rings. The maximum Gasteiger partial charge on any atom is 0.331 e. The van der Waals surface area contributed by atoms with E-state index >= 15 is 0 Å². The Bertz CT molecular complexity index is 891. The van der Waals surface area contributed by atoms with E-state index in [-0.39, 0.29) is 5.70 Å². The van der Waals surface area contributed by atoms with Crippen molar-refractivity contribution in [3.63, 3.8) is 0 Å². The number of carbonyl (C=O) groups is 1. The van der Waals surface area contributed by atoms with E-state index < -0.39 is 11.6 Å². The minimum Gasteiger partial charge on any atom is -0.364 e. The molecule has 0 aliphatic heterocycles. The standard InChI is InChI=1S/C15H12N4O2/c16-14(20)13(8-10-4-2-1-3-5-10)19-12-6-7-17-9-11(12)18-15(19)21/h1-9H,(H2,16,20)(H,18,21)/b13-8+. The highest BCUT2D eigenvalue weighted by molar-refractivity contribution is 6.18. The van der Waals surface area contributed by atoms with Crippen LogP contribution in [0.5, 0.6) is 0 Å². The summed E-state index contributed by atoms with van der Waals surface area (Å²) in [4.78, 5) is 30.4. The van der Waals surface area contributed by atoms with Gasteiger partial charge in [0.15, 0.2) is 0 Å². The van der Waals surface area contributed by atoms with E-state index in [1.165, 1.54) is 10.8 Å². The lowest BCUT2D eigenvalue weighted by molar-refractivity contribution is -0.113. The second-order valence-electron chi connectivity index (χ2n) is 4.46. The Morgan fingerprint density at radius 2 is 2.00 bits per heavy atom. The van der Waals surface area contributed by atoms with E-state index in [4.69, 9.17) is 5.73 Å². The zero-order valence-electron chi connectivity index (χ0n) is 11.0. The summed E-state index contributed by atoms with van der Waals surface area (Å²) in [6.45, 7) is 0. The Hall–Kier alpha value is -3.15. The molecule has 6 heteroatoms. The summed E-state index contributed by atoms with van der Waals surface area (Å²) < 4.78 is 1.26. The molecule has 6 nitrogen and oxygen atoms in total. The van der Waals surface area contributed by atoms with Crippen molar-refractivity contribution in [1.82, 2.24) is 14.5 Å². The fourth-order valence-corrected chi connectivity index (χ4v) is 2.15. The molecule has 0 radical (unpaired) electrons. The maximum atomic E-state index is 12.1. The number of pyridine rings is 1. The summed E-state index contributed by atoms with van der Waals surface area (Å²) in [5.74, 6) is -0.682. The molecule has 3 rings (SSSR count). The van der Waals surface area contributed by atoms with Crippen molar-refractivity contribution in [2.24, 2.45) is 5.73 Å². The molecular formula is C15H12N4O2. The van der Waals surface area contributed by atoms with Gasteiger partial charge in [0.2, 0.25) is 0 Å². The Kier molecular flexibility index (Phi) is 3.12. The van der Waals surface area contributed by atoms with Gasteiger partial charge in [-0.05, 0) is 17.7 Å². The minimum atomic E-state index is -0.682. The van der Waals surface area contributed by atoms with Crippen LogP contribution in [0.3, 0.4) is 0 Å². The van der Waals surface area contributed by atoms with Gasteiger partial charge in [0, 0.05) is 6.20 Å². The van der Waals surface area contributed by atoms with Gasteiger partial charge in [0.05, 0.1) is 17.2 Å². The molecule has 0 unspecified atom stereocenters. The van der Waals surface area contributed by atoms with Gasteiger partial charge in [-0.2, -0.15) is 0 Å². The Balaban J connectivity index is 2.26. The number of nitrogens with one attached hydrogen (secondary N) is 1. The number of nitrogens with zero attached hydrogens (tertiary/aromatic N) is 2. The third kappa shape index (κ3) is 2.34. The zero-order chi connectivity index (χ0) is 14.8. The Morgan fingerprint density at radius 1 is 1.24 bits per heavy atom. The van der Waals surface area contributed by atoms with Gasteiger partial charge in [-0.25, -0.2) is 4.79 Å². The molecule has 0 saturated carbocycles. The monoisotopic (exact) mass is 280 g/mol. The first-order valence-electron chi connectivity index (χ1n) is 6.28. The third-order valence-electron chi connectivity index (χ3n) is 3.08. The lowest BCUT2D eigenvalue weighted by Crippen LogP contribution is -2.25. The Labute approximate surface area is 119 Å². The van der Waals surface area contributed by atoms with E-state index in [9.17, 15) is 9.59 Å². The topological polar surface area (TPSA) is 93.8 Å². The fraction of sp³-hybridized carbons (Fsp3) is 0. The average molecular weight is 280 g/mol. The van der Waals surface area contributed by atoms with Crippen LogP contribution < -0.4 is 11.4 Å². The van der Waals surface area contributed by atoms with Gasteiger partial charge in [-0.15, -0.1) is 0 Å². The molecule has 0 bridgehead atoms. The second kappa shape index (κ2) is 5.09. The smallest absolute Gasteiger partial charge is 0.331 e. The number of hydrogen-bond donors (Lipinski definition) is 2. The molecule has 3 aromatic rings. The van der Waals surface area contributed by atoms with Crippen molar-refractivity contribution >= 4 is 28.7 Å². The lowest BCUT2D eigenvalue weighted by Gasteiger charge is -2.05. The first kappa shape index (κ1) is 12.9. The van der Waals surface area contributed by atoms with Gasteiger partial charge in [0.25, 0.3) is 5.91 Å². The molecule has 2 heterocycles. The minimum absolute atomic E-state index is 0.101. The molecule has 3 N–H and O–H groups in total. The summed E-state index contributed by atoms with van der Waals surface area (Å²) in [6, 6.07) is 10.8. The molecule has 0 spiro atoms. The fourth-order valence-electron chi connectivity index (χ4n) is 2.15. The predicted octanol–water partition coefficient (Wildman–Crippen LogP) is 1.21. The van der Waals surface area contributed by atoms with Crippen LogP contribution in [0.2, 0.25) is 0 Å². The van der Waals surface area contributed by atoms with Crippen molar-refractivity contribution in [2.75, 3.05) is 0 Å². The maximum absolute atomic E-state index is 12.1. The number of imidazole rings is 1. The number of benzene rings is 1. The molecule has 1 aromatic carbocycles. The van der Waals surface area contributed by atoms with Crippen molar-refractivity contribution in [3.8, 4) is 0 Å². The zero-order valence-corrected chi connectivity index (χ0v) is 11.0. The van der Waals surface area contributed by atoms with Crippen LogP contribution in [-0.2, 0) is 4.79 Å². The second-order valence-corrected chi connectivity index (χ2v) is 4.46. The number of nitrogens with two attached hydrogens (primary N) is 1. The van der Waals surface area contributed by atoms with Crippen LogP contribution in [-0.4, -0.2) is 20.4 Å². The molecular weight excluding hydrogens is 268 g/mol. The van der Waals surface area contributed by atoms with Gasteiger partial charge >= 0.3 is 5.69 Å². The number of aromatic nitrogens is 3. The van der Waals surface area contributed by atoms with Crippen LogP contribution in [0.15, 0.2) is 53.6 Å².